The zero-order chi connectivity index (χ0) is 11.4. The summed E-state index contributed by atoms with van der Waals surface area (Å²) in [6.07, 6.45) is 2.01. The minimum atomic E-state index is 0.359. The number of rotatable bonds is 5. The molecule has 3 nitrogen and oxygen atoms in total. The fraction of sp³-hybridized carbons (Fsp3) is 0.455. The zero-order valence-electron chi connectivity index (χ0n) is 9.43. The Hall–Kier alpha value is -0.940. The standard InChI is InChI=1S/C11H15N3S2/c1-3-8(9-6-5-7-15-9)12-11-14-13-10(4-2)16-11/h5-8H,3-4H2,1-2H3,(H,12,14). The number of thiophene rings is 1. The largest absolute Gasteiger partial charge is 0.352 e. The van der Waals surface area contributed by atoms with Crippen molar-refractivity contribution in [3.8, 4) is 0 Å². The third-order valence-corrected chi connectivity index (χ3v) is 4.35. The molecule has 5 heteroatoms. The van der Waals surface area contributed by atoms with Gasteiger partial charge in [0.15, 0.2) is 0 Å². The van der Waals surface area contributed by atoms with E-state index in [1.807, 2.05) is 0 Å². The molecular formula is C11H15N3S2. The van der Waals surface area contributed by atoms with Crippen LogP contribution in [0.25, 0.3) is 0 Å². The van der Waals surface area contributed by atoms with E-state index in [1.165, 1.54) is 4.88 Å². The van der Waals surface area contributed by atoms with Gasteiger partial charge in [-0.1, -0.05) is 31.3 Å². The molecule has 0 radical (unpaired) electrons. The van der Waals surface area contributed by atoms with Crippen molar-refractivity contribution in [2.45, 2.75) is 32.7 Å². The molecule has 2 aromatic heterocycles. The maximum absolute atomic E-state index is 4.15. The van der Waals surface area contributed by atoms with Crippen LogP contribution in [-0.4, -0.2) is 10.2 Å². The average molecular weight is 253 g/mol. The van der Waals surface area contributed by atoms with Crippen LogP contribution >= 0.6 is 22.7 Å². The predicted molar refractivity (Wildman–Crippen MR) is 70.3 cm³/mol. The molecule has 0 fully saturated rings. The smallest absolute Gasteiger partial charge is 0.206 e. The Morgan fingerprint density at radius 3 is 2.81 bits per heavy atom. The number of nitrogens with one attached hydrogen (secondary N) is 1. The van der Waals surface area contributed by atoms with Crippen LogP contribution in [0.5, 0.6) is 0 Å². The number of aryl methyl sites for hydroxylation is 1. The molecule has 2 heterocycles. The first-order chi connectivity index (χ1) is 7.83. The highest BCUT2D eigenvalue weighted by molar-refractivity contribution is 7.15. The van der Waals surface area contributed by atoms with Crippen molar-refractivity contribution in [1.29, 1.82) is 0 Å². The van der Waals surface area contributed by atoms with E-state index in [0.717, 1.165) is 23.0 Å². The van der Waals surface area contributed by atoms with Gasteiger partial charge in [0.05, 0.1) is 6.04 Å². The molecule has 0 saturated carbocycles. The van der Waals surface area contributed by atoms with Crippen molar-refractivity contribution < 1.29 is 0 Å². The van der Waals surface area contributed by atoms with E-state index in [4.69, 9.17) is 0 Å². The molecule has 0 spiro atoms. The van der Waals surface area contributed by atoms with E-state index in [0.29, 0.717) is 6.04 Å². The Morgan fingerprint density at radius 1 is 1.38 bits per heavy atom. The van der Waals surface area contributed by atoms with Gasteiger partial charge in [0.2, 0.25) is 5.13 Å². The van der Waals surface area contributed by atoms with Crippen LogP contribution in [0.4, 0.5) is 5.13 Å². The first-order valence-corrected chi connectivity index (χ1v) is 7.15. The summed E-state index contributed by atoms with van der Waals surface area (Å²) in [5.41, 5.74) is 0. The second kappa shape index (κ2) is 5.41. The molecule has 0 aromatic carbocycles. The van der Waals surface area contributed by atoms with Crippen LogP contribution in [-0.2, 0) is 6.42 Å². The molecule has 1 atom stereocenters. The van der Waals surface area contributed by atoms with Crippen molar-refractivity contribution >= 4 is 27.8 Å². The van der Waals surface area contributed by atoms with Crippen molar-refractivity contribution in [3.05, 3.63) is 27.4 Å². The van der Waals surface area contributed by atoms with Crippen molar-refractivity contribution in [2.24, 2.45) is 0 Å². The van der Waals surface area contributed by atoms with Gasteiger partial charge in [-0.3, -0.25) is 0 Å². The van der Waals surface area contributed by atoms with Crippen molar-refractivity contribution in [3.63, 3.8) is 0 Å². The SMILES string of the molecule is CCc1nnc(NC(CC)c2cccs2)s1. The second-order valence-electron chi connectivity index (χ2n) is 3.48. The van der Waals surface area contributed by atoms with Gasteiger partial charge in [0.25, 0.3) is 0 Å². The highest BCUT2D eigenvalue weighted by atomic mass is 32.1. The van der Waals surface area contributed by atoms with E-state index in [1.54, 1.807) is 22.7 Å². The summed E-state index contributed by atoms with van der Waals surface area (Å²) in [5.74, 6) is 0. The lowest BCUT2D eigenvalue weighted by molar-refractivity contribution is 0.759. The topological polar surface area (TPSA) is 37.8 Å². The molecule has 0 bridgehead atoms. The molecule has 16 heavy (non-hydrogen) atoms. The predicted octanol–water partition coefficient (Wildman–Crippen LogP) is 3.73. The van der Waals surface area contributed by atoms with Crippen molar-refractivity contribution in [1.82, 2.24) is 10.2 Å². The summed E-state index contributed by atoms with van der Waals surface area (Å²) in [7, 11) is 0. The first kappa shape index (κ1) is 11.5. The lowest BCUT2D eigenvalue weighted by Crippen LogP contribution is -2.07. The van der Waals surface area contributed by atoms with Crippen LogP contribution in [0.15, 0.2) is 17.5 Å². The van der Waals surface area contributed by atoms with E-state index >= 15 is 0 Å². The quantitative estimate of drug-likeness (QED) is 0.882. The molecule has 2 rings (SSSR count). The Kier molecular flexibility index (Phi) is 3.90. The van der Waals surface area contributed by atoms with Crippen molar-refractivity contribution in [2.75, 3.05) is 5.32 Å². The minimum Gasteiger partial charge on any atom is -0.352 e. The number of nitrogens with zero attached hydrogens (tertiary/aromatic N) is 2. The minimum absolute atomic E-state index is 0.359. The molecule has 0 aliphatic heterocycles. The van der Waals surface area contributed by atoms with Gasteiger partial charge in [0.1, 0.15) is 5.01 Å². The monoisotopic (exact) mass is 253 g/mol. The fourth-order valence-corrected chi connectivity index (χ4v) is 3.06. The molecular weight excluding hydrogens is 238 g/mol. The molecule has 0 saturated heterocycles. The third-order valence-electron chi connectivity index (χ3n) is 2.36. The van der Waals surface area contributed by atoms with Gasteiger partial charge in [0, 0.05) is 4.88 Å². The molecule has 86 valence electrons. The van der Waals surface area contributed by atoms with Crippen LogP contribution in [0.1, 0.15) is 36.2 Å². The summed E-state index contributed by atoms with van der Waals surface area (Å²) >= 11 is 3.43. The Bertz CT molecular complexity index is 422. The molecule has 0 aliphatic carbocycles. The summed E-state index contributed by atoms with van der Waals surface area (Å²) in [5, 5.41) is 15.8. The van der Waals surface area contributed by atoms with Gasteiger partial charge < -0.3 is 5.32 Å². The highest BCUT2D eigenvalue weighted by Gasteiger charge is 2.12. The lowest BCUT2D eigenvalue weighted by atomic mass is 10.2. The normalized spacial score (nSPS) is 12.6. The van der Waals surface area contributed by atoms with Gasteiger partial charge in [-0.05, 0) is 24.3 Å². The lowest BCUT2D eigenvalue weighted by Gasteiger charge is -2.13. The third kappa shape index (κ3) is 2.59. The first-order valence-electron chi connectivity index (χ1n) is 5.45. The van der Waals surface area contributed by atoms with Crippen LogP contribution in [0.2, 0.25) is 0 Å². The number of hydrogen-bond acceptors (Lipinski definition) is 5. The summed E-state index contributed by atoms with van der Waals surface area (Å²) < 4.78 is 0. The maximum Gasteiger partial charge on any atom is 0.206 e. The van der Waals surface area contributed by atoms with E-state index in [9.17, 15) is 0 Å². The Morgan fingerprint density at radius 2 is 2.25 bits per heavy atom. The maximum atomic E-state index is 4.15. The summed E-state index contributed by atoms with van der Waals surface area (Å²) in [4.78, 5) is 1.36. The molecule has 2 aromatic rings. The molecule has 0 aliphatic rings. The van der Waals surface area contributed by atoms with E-state index in [2.05, 4.69) is 46.9 Å². The highest BCUT2D eigenvalue weighted by Crippen LogP contribution is 2.27. The number of aromatic nitrogens is 2. The van der Waals surface area contributed by atoms with E-state index in [-0.39, 0.29) is 0 Å². The molecule has 1 unspecified atom stereocenters. The van der Waals surface area contributed by atoms with Gasteiger partial charge >= 0.3 is 0 Å². The summed E-state index contributed by atoms with van der Waals surface area (Å²) in [6, 6.07) is 4.60. The Labute approximate surface area is 104 Å². The number of hydrogen-bond donors (Lipinski definition) is 1. The molecule has 0 amide bonds. The van der Waals surface area contributed by atoms with Gasteiger partial charge in [-0.2, -0.15) is 0 Å². The average Bonchev–Trinajstić information content (AvgIpc) is 2.96. The van der Waals surface area contributed by atoms with E-state index < -0.39 is 0 Å². The van der Waals surface area contributed by atoms with Gasteiger partial charge in [-0.15, -0.1) is 21.5 Å². The van der Waals surface area contributed by atoms with Crippen LogP contribution < -0.4 is 5.32 Å². The second-order valence-corrected chi connectivity index (χ2v) is 5.52. The summed E-state index contributed by atoms with van der Waals surface area (Å²) in [6.45, 7) is 4.28. The number of anilines is 1. The fourth-order valence-electron chi connectivity index (χ4n) is 1.47. The Balaban J connectivity index is 2.07. The van der Waals surface area contributed by atoms with Crippen LogP contribution in [0, 0.1) is 0 Å². The zero-order valence-corrected chi connectivity index (χ0v) is 11.1. The molecule has 1 N–H and O–H groups in total. The van der Waals surface area contributed by atoms with Crippen LogP contribution in [0.3, 0.4) is 0 Å². The van der Waals surface area contributed by atoms with Gasteiger partial charge in [-0.25, -0.2) is 0 Å².